The van der Waals surface area contributed by atoms with Crippen LogP contribution in [0.3, 0.4) is 0 Å². The molecule has 3 atom stereocenters. The minimum absolute atomic E-state index is 0.0549. The standard InChI is InChI=1S/C17H23N5O3/c1-10(2)15(22-13-7-5-4-6-12(13)19-20-22)17(25)21-9-11(23)8-14(21)16(24)18-3/h4-7,10-11,14-15,23H,8-9H2,1-3H3,(H,18,24)/t11-,14+,15?/m1/s1. The Morgan fingerprint density at radius 3 is 2.72 bits per heavy atom. The van der Waals surface area contributed by atoms with Gasteiger partial charge in [-0.05, 0) is 18.1 Å². The lowest BCUT2D eigenvalue weighted by atomic mass is 10.0. The van der Waals surface area contributed by atoms with Crippen LogP contribution in [0.1, 0.15) is 26.3 Å². The van der Waals surface area contributed by atoms with Crippen LogP contribution in [0.2, 0.25) is 0 Å². The number of carbonyl (C=O) groups excluding carboxylic acids is 2. The average Bonchev–Trinajstić information content (AvgIpc) is 3.18. The third-order valence-electron chi connectivity index (χ3n) is 4.64. The third-order valence-corrected chi connectivity index (χ3v) is 4.64. The summed E-state index contributed by atoms with van der Waals surface area (Å²) in [7, 11) is 1.53. The van der Waals surface area contributed by atoms with Crippen LogP contribution in [0.15, 0.2) is 24.3 Å². The normalized spacial score (nSPS) is 21.7. The molecule has 1 aliphatic heterocycles. The van der Waals surface area contributed by atoms with Gasteiger partial charge in [-0.3, -0.25) is 9.59 Å². The maximum atomic E-state index is 13.3. The summed E-state index contributed by atoms with van der Waals surface area (Å²) in [6.45, 7) is 4.01. The highest BCUT2D eigenvalue weighted by Gasteiger charge is 2.42. The van der Waals surface area contributed by atoms with Crippen molar-refractivity contribution in [3.05, 3.63) is 24.3 Å². The van der Waals surface area contributed by atoms with Crippen molar-refractivity contribution in [3.8, 4) is 0 Å². The number of aliphatic hydroxyl groups excluding tert-OH is 1. The molecule has 1 aromatic heterocycles. The van der Waals surface area contributed by atoms with E-state index >= 15 is 0 Å². The Bertz CT molecular complexity index is 787. The predicted molar refractivity (Wildman–Crippen MR) is 91.6 cm³/mol. The SMILES string of the molecule is CNC(=O)[C@@H]1C[C@@H](O)CN1C(=O)C(C(C)C)n1nnc2ccccc21. The number of aromatic nitrogens is 3. The Morgan fingerprint density at radius 2 is 2.04 bits per heavy atom. The summed E-state index contributed by atoms with van der Waals surface area (Å²) in [5.41, 5.74) is 1.48. The fourth-order valence-corrected chi connectivity index (χ4v) is 3.41. The number of nitrogens with zero attached hydrogens (tertiary/aromatic N) is 4. The van der Waals surface area contributed by atoms with Gasteiger partial charge in [0.15, 0.2) is 0 Å². The molecule has 0 spiro atoms. The second-order valence-corrected chi connectivity index (χ2v) is 6.72. The number of aliphatic hydroxyl groups is 1. The number of nitrogens with one attached hydrogen (secondary N) is 1. The predicted octanol–water partition coefficient (Wildman–Crippen LogP) is 0.336. The van der Waals surface area contributed by atoms with Gasteiger partial charge in [0.05, 0.1) is 11.6 Å². The first-order valence-corrected chi connectivity index (χ1v) is 8.44. The van der Waals surface area contributed by atoms with Crippen LogP contribution in [0.5, 0.6) is 0 Å². The lowest BCUT2D eigenvalue weighted by Gasteiger charge is -2.29. The van der Waals surface area contributed by atoms with E-state index in [1.54, 1.807) is 4.68 Å². The quantitative estimate of drug-likeness (QED) is 0.832. The van der Waals surface area contributed by atoms with Crippen LogP contribution >= 0.6 is 0 Å². The number of fused-ring (bicyclic) bond motifs is 1. The highest BCUT2D eigenvalue weighted by atomic mass is 16.3. The molecule has 25 heavy (non-hydrogen) atoms. The second kappa shape index (κ2) is 6.79. The van der Waals surface area contributed by atoms with E-state index in [0.717, 1.165) is 5.52 Å². The van der Waals surface area contributed by atoms with Gasteiger partial charge in [0, 0.05) is 20.0 Å². The Kier molecular flexibility index (Phi) is 4.71. The number of benzene rings is 1. The van der Waals surface area contributed by atoms with Crippen LogP contribution in [-0.2, 0) is 9.59 Å². The first-order valence-electron chi connectivity index (χ1n) is 8.44. The molecule has 1 saturated heterocycles. The van der Waals surface area contributed by atoms with Gasteiger partial charge in [0.1, 0.15) is 17.6 Å². The topological polar surface area (TPSA) is 100 Å². The number of likely N-dealkylation sites (tertiary alicyclic amines) is 1. The molecular weight excluding hydrogens is 322 g/mol. The van der Waals surface area contributed by atoms with Gasteiger partial charge in [-0.2, -0.15) is 0 Å². The Balaban J connectivity index is 1.98. The van der Waals surface area contributed by atoms with Crippen LogP contribution < -0.4 is 5.32 Å². The summed E-state index contributed by atoms with van der Waals surface area (Å²) in [5.74, 6) is -0.549. The van der Waals surface area contributed by atoms with E-state index in [1.165, 1.54) is 11.9 Å². The first kappa shape index (κ1) is 17.3. The van der Waals surface area contributed by atoms with Crippen molar-refractivity contribution in [1.82, 2.24) is 25.2 Å². The molecule has 2 amide bonds. The van der Waals surface area contributed by atoms with Crippen molar-refractivity contribution < 1.29 is 14.7 Å². The summed E-state index contributed by atoms with van der Waals surface area (Å²) >= 11 is 0. The Hall–Kier alpha value is -2.48. The number of likely N-dealkylation sites (N-methyl/N-ethyl adjacent to an activating group) is 1. The second-order valence-electron chi connectivity index (χ2n) is 6.72. The van der Waals surface area contributed by atoms with E-state index in [4.69, 9.17) is 0 Å². The van der Waals surface area contributed by atoms with Gasteiger partial charge >= 0.3 is 0 Å². The molecule has 0 saturated carbocycles. The van der Waals surface area contributed by atoms with Gasteiger partial charge in [0.2, 0.25) is 11.8 Å². The molecule has 2 N–H and O–H groups in total. The molecule has 3 rings (SSSR count). The van der Waals surface area contributed by atoms with Crippen molar-refractivity contribution >= 4 is 22.8 Å². The number of para-hydroxylation sites is 1. The molecule has 1 fully saturated rings. The van der Waals surface area contributed by atoms with Crippen molar-refractivity contribution in [1.29, 1.82) is 0 Å². The number of hydrogen-bond acceptors (Lipinski definition) is 5. The summed E-state index contributed by atoms with van der Waals surface area (Å²) in [6, 6.07) is 6.19. The number of β-amino-alcohol motifs (C(OH)–C–C–N with tert-alkyl or cyclic N) is 1. The van der Waals surface area contributed by atoms with Gasteiger partial charge in [0.25, 0.3) is 0 Å². The molecule has 1 aliphatic rings. The van der Waals surface area contributed by atoms with E-state index in [-0.39, 0.29) is 30.7 Å². The van der Waals surface area contributed by atoms with Crippen molar-refractivity contribution in [3.63, 3.8) is 0 Å². The maximum Gasteiger partial charge on any atom is 0.248 e. The van der Waals surface area contributed by atoms with Crippen molar-refractivity contribution in [2.75, 3.05) is 13.6 Å². The van der Waals surface area contributed by atoms with E-state index in [1.807, 2.05) is 38.1 Å². The minimum Gasteiger partial charge on any atom is -0.391 e. The summed E-state index contributed by atoms with van der Waals surface area (Å²) in [5, 5.41) is 20.8. The van der Waals surface area contributed by atoms with E-state index in [9.17, 15) is 14.7 Å². The third kappa shape index (κ3) is 3.09. The highest BCUT2D eigenvalue weighted by molar-refractivity contribution is 5.90. The van der Waals surface area contributed by atoms with Crippen LogP contribution in [0.4, 0.5) is 0 Å². The summed E-state index contributed by atoms with van der Waals surface area (Å²) in [4.78, 5) is 26.8. The van der Waals surface area contributed by atoms with Crippen molar-refractivity contribution in [2.45, 2.75) is 38.5 Å². The van der Waals surface area contributed by atoms with E-state index < -0.39 is 18.2 Å². The van der Waals surface area contributed by atoms with Crippen LogP contribution in [0, 0.1) is 5.92 Å². The Labute approximate surface area is 145 Å². The monoisotopic (exact) mass is 345 g/mol. The molecule has 8 heteroatoms. The molecular formula is C17H23N5O3. The number of rotatable bonds is 4. The zero-order valence-corrected chi connectivity index (χ0v) is 14.6. The molecule has 0 aliphatic carbocycles. The number of carbonyl (C=O) groups is 2. The molecule has 8 nitrogen and oxygen atoms in total. The molecule has 0 radical (unpaired) electrons. The van der Waals surface area contributed by atoms with Crippen molar-refractivity contribution in [2.24, 2.45) is 5.92 Å². The minimum atomic E-state index is -0.702. The molecule has 2 heterocycles. The number of hydrogen-bond donors (Lipinski definition) is 2. The van der Waals surface area contributed by atoms with E-state index in [0.29, 0.717) is 5.52 Å². The first-order chi connectivity index (χ1) is 11.9. The van der Waals surface area contributed by atoms with E-state index in [2.05, 4.69) is 15.6 Å². The summed E-state index contributed by atoms with van der Waals surface area (Å²) in [6.07, 6.45) is -0.458. The zero-order valence-electron chi connectivity index (χ0n) is 14.6. The average molecular weight is 345 g/mol. The Morgan fingerprint density at radius 1 is 1.32 bits per heavy atom. The lowest BCUT2D eigenvalue weighted by Crippen LogP contribution is -2.48. The zero-order chi connectivity index (χ0) is 18.1. The molecule has 134 valence electrons. The fourth-order valence-electron chi connectivity index (χ4n) is 3.41. The van der Waals surface area contributed by atoms with Crippen LogP contribution in [-0.4, -0.2) is 62.6 Å². The summed E-state index contributed by atoms with van der Waals surface area (Å²) < 4.78 is 1.62. The lowest BCUT2D eigenvalue weighted by molar-refractivity contribution is -0.142. The molecule has 2 aromatic rings. The molecule has 1 aromatic carbocycles. The number of amides is 2. The van der Waals surface area contributed by atoms with Gasteiger partial charge in [-0.25, -0.2) is 4.68 Å². The maximum absolute atomic E-state index is 13.3. The fraction of sp³-hybridized carbons (Fsp3) is 0.529. The van der Waals surface area contributed by atoms with Gasteiger partial charge in [-0.15, -0.1) is 5.10 Å². The smallest absolute Gasteiger partial charge is 0.248 e. The molecule has 0 bridgehead atoms. The van der Waals surface area contributed by atoms with Crippen LogP contribution in [0.25, 0.3) is 11.0 Å². The van der Waals surface area contributed by atoms with Gasteiger partial charge in [-0.1, -0.05) is 31.2 Å². The largest absolute Gasteiger partial charge is 0.391 e. The van der Waals surface area contributed by atoms with Gasteiger partial charge < -0.3 is 15.3 Å². The molecule has 1 unspecified atom stereocenters. The highest BCUT2D eigenvalue weighted by Crippen LogP contribution is 2.28.